The summed E-state index contributed by atoms with van der Waals surface area (Å²) in [6, 6.07) is 8.60. The molecular weight excluding hydrogens is 212 g/mol. The average molecular weight is 227 g/mol. The first kappa shape index (κ1) is 9.79. The van der Waals surface area contributed by atoms with Crippen LogP contribution in [0.15, 0.2) is 24.3 Å². The smallest absolute Gasteiger partial charge is 0.00602 e. The summed E-state index contributed by atoms with van der Waals surface area (Å²) in [5, 5.41) is 1.08. The second-order valence-corrected chi connectivity index (χ2v) is 4.04. The van der Waals surface area contributed by atoms with E-state index in [1.807, 2.05) is 0 Å². The summed E-state index contributed by atoms with van der Waals surface area (Å²) in [5.74, 6) is 0.728. The molecule has 0 bridgehead atoms. The van der Waals surface area contributed by atoms with E-state index in [4.69, 9.17) is 0 Å². The van der Waals surface area contributed by atoms with Crippen molar-refractivity contribution in [2.45, 2.75) is 20.3 Å². The van der Waals surface area contributed by atoms with Gasteiger partial charge in [-0.15, -0.1) is 0 Å². The maximum atomic E-state index is 3.50. The van der Waals surface area contributed by atoms with Crippen molar-refractivity contribution in [3.05, 3.63) is 35.4 Å². The standard InChI is InChI=1S/C11H15Br/c1-9(8-12)7-11-6-4-3-5-10(11)2/h3-6,9H,7-8H2,1-2H3. The molecule has 0 nitrogen and oxygen atoms in total. The number of benzene rings is 1. The fourth-order valence-electron chi connectivity index (χ4n) is 1.27. The fraction of sp³-hybridized carbons (Fsp3) is 0.455. The van der Waals surface area contributed by atoms with Gasteiger partial charge in [0.25, 0.3) is 0 Å². The van der Waals surface area contributed by atoms with Crippen LogP contribution >= 0.6 is 15.9 Å². The van der Waals surface area contributed by atoms with Gasteiger partial charge in [0, 0.05) is 5.33 Å². The average Bonchev–Trinajstić information content (AvgIpc) is 2.09. The minimum absolute atomic E-state index is 0.728. The minimum atomic E-state index is 0.728. The van der Waals surface area contributed by atoms with Gasteiger partial charge >= 0.3 is 0 Å². The molecule has 1 atom stereocenters. The molecule has 1 aromatic rings. The third kappa shape index (κ3) is 2.63. The van der Waals surface area contributed by atoms with Gasteiger partial charge in [-0.05, 0) is 30.4 Å². The Balaban J connectivity index is 2.69. The van der Waals surface area contributed by atoms with Gasteiger partial charge in [0.05, 0.1) is 0 Å². The molecule has 0 heterocycles. The molecule has 0 aliphatic heterocycles. The predicted octanol–water partition coefficient (Wildman–Crippen LogP) is 3.57. The van der Waals surface area contributed by atoms with Crippen LogP contribution in [-0.4, -0.2) is 5.33 Å². The van der Waals surface area contributed by atoms with E-state index >= 15 is 0 Å². The first-order valence-corrected chi connectivity index (χ1v) is 5.46. The Morgan fingerprint density at radius 1 is 1.33 bits per heavy atom. The van der Waals surface area contributed by atoms with Crippen LogP contribution in [0, 0.1) is 12.8 Å². The normalized spacial score (nSPS) is 12.9. The molecule has 0 aliphatic rings. The second kappa shape index (κ2) is 4.66. The molecule has 1 heteroatoms. The zero-order valence-corrected chi connectivity index (χ0v) is 9.26. The third-order valence-corrected chi connectivity index (χ3v) is 3.20. The van der Waals surface area contributed by atoms with Crippen LogP contribution in [-0.2, 0) is 6.42 Å². The van der Waals surface area contributed by atoms with E-state index in [0.29, 0.717) is 0 Å². The van der Waals surface area contributed by atoms with Crippen molar-refractivity contribution in [3.63, 3.8) is 0 Å². The van der Waals surface area contributed by atoms with Crippen molar-refractivity contribution in [1.82, 2.24) is 0 Å². The Morgan fingerprint density at radius 3 is 2.58 bits per heavy atom. The highest BCUT2D eigenvalue weighted by Crippen LogP contribution is 2.14. The highest BCUT2D eigenvalue weighted by Gasteiger charge is 2.02. The summed E-state index contributed by atoms with van der Waals surface area (Å²) in [6.45, 7) is 4.44. The van der Waals surface area contributed by atoms with Gasteiger partial charge < -0.3 is 0 Å². The number of hydrogen-bond acceptors (Lipinski definition) is 0. The molecule has 0 saturated carbocycles. The van der Waals surface area contributed by atoms with Gasteiger partial charge in [0.1, 0.15) is 0 Å². The van der Waals surface area contributed by atoms with Crippen LogP contribution in [0.5, 0.6) is 0 Å². The molecule has 66 valence electrons. The van der Waals surface area contributed by atoms with Crippen molar-refractivity contribution >= 4 is 15.9 Å². The largest absolute Gasteiger partial charge is 0.0925 e. The van der Waals surface area contributed by atoms with Crippen LogP contribution < -0.4 is 0 Å². The third-order valence-electron chi connectivity index (χ3n) is 2.09. The van der Waals surface area contributed by atoms with Crippen molar-refractivity contribution in [3.8, 4) is 0 Å². The van der Waals surface area contributed by atoms with Crippen LogP contribution in [0.4, 0.5) is 0 Å². The van der Waals surface area contributed by atoms with Crippen LogP contribution in [0.25, 0.3) is 0 Å². The molecule has 0 saturated heterocycles. The SMILES string of the molecule is Cc1ccccc1CC(C)CBr. The van der Waals surface area contributed by atoms with Crippen LogP contribution in [0.1, 0.15) is 18.1 Å². The number of aryl methyl sites for hydroxylation is 1. The first-order valence-electron chi connectivity index (χ1n) is 4.34. The van der Waals surface area contributed by atoms with E-state index in [1.54, 1.807) is 0 Å². The van der Waals surface area contributed by atoms with E-state index in [-0.39, 0.29) is 0 Å². The van der Waals surface area contributed by atoms with Crippen LogP contribution in [0.2, 0.25) is 0 Å². The fourth-order valence-corrected chi connectivity index (χ4v) is 1.50. The Kier molecular flexibility index (Phi) is 3.80. The monoisotopic (exact) mass is 226 g/mol. The molecule has 1 rings (SSSR count). The van der Waals surface area contributed by atoms with Gasteiger partial charge in [-0.1, -0.05) is 47.1 Å². The highest BCUT2D eigenvalue weighted by molar-refractivity contribution is 9.09. The summed E-state index contributed by atoms with van der Waals surface area (Å²) >= 11 is 3.50. The van der Waals surface area contributed by atoms with Crippen LogP contribution in [0.3, 0.4) is 0 Å². The Hall–Kier alpha value is -0.300. The second-order valence-electron chi connectivity index (χ2n) is 3.39. The number of halogens is 1. The summed E-state index contributed by atoms with van der Waals surface area (Å²) in [7, 11) is 0. The molecule has 0 spiro atoms. The van der Waals surface area contributed by atoms with Crippen molar-refractivity contribution < 1.29 is 0 Å². The predicted molar refractivity (Wildman–Crippen MR) is 57.8 cm³/mol. The zero-order chi connectivity index (χ0) is 8.97. The summed E-state index contributed by atoms with van der Waals surface area (Å²) in [6.07, 6.45) is 1.18. The lowest BCUT2D eigenvalue weighted by molar-refractivity contribution is 0.661. The van der Waals surface area contributed by atoms with Gasteiger partial charge in [0.2, 0.25) is 0 Å². The first-order chi connectivity index (χ1) is 5.74. The lowest BCUT2D eigenvalue weighted by Gasteiger charge is -2.09. The van der Waals surface area contributed by atoms with Gasteiger partial charge in [-0.25, -0.2) is 0 Å². The topological polar surface area (TPSA) is 0 Å². The van der Waals surface area contributed by atoms with E-state index < -0.39 is 0 Å². The summed E-state index contributed by atoms with van der Waals surface area (Å²) in [5.41, 5.74) is 2.88. The Bertz CT molecular complexity index is 243. The lowest BCUT2D eigenvalue weighted by Crippen LogP contribution is -2.01. The molecular formula is C11H15Br. The Morgan fingerprint density at radius 2 is 2.00 bits per heavy atom. The maximum absolute atomic E-state index is 3.50. The molecule has 0 amide bonds. The molecule has 12 heavy (non-hydrogen) atoms. The van der Waals surface area contributed by atoms with Crippen molar-refractivity contribution in [2.75, 3.05) is 5.33 Å². The van der Waals surface area contributed by atoms with Crippen molar-refractivity contribution in [1.29, 1.82) is 0 Å². The highest BCUT2D eigenvalue weighted by atomic mass is 79.9. The Labute approximate surface area is 83.1 Å². The van der Waals surface area contributed by atoms with E-state index in [1.165, 1.54) is 17.5 Å². The summed E-state index contributed by atoms with van der Waals surface area (Å²) in [4.78, 5) is 0. The quantitative estimate of drug-likeness (QED) is 0.692. The zero-order valence-electron chi connectivity index (χ0n) is 7.68. The lowest BCUT2D eigenvalue weighted by atomic mass is 9.99. The molecule has 0 aromatic heterocycles. The van der Waals surface area contributed by atoms with E-state index in [2.05, 4.69) is 54.0 Å². The maximum Gasteiger partial charge on any atom is 0.00602 e. The van der Waals surface area contributed by atoms with Gasteiger partial charge in [0.15, 0.2) is 0 Å². The number of hydrogen-bond donors (Lipinski definition) is 0. The minimum Gasteiger partial charge on any atom is -0.0925 e. The molecule has 0 radical (unpaired) electrons. The molecule has 0 N–H and O–H groups in total. The summed E-state index contributed by atoms with van der Waals surface area (Å²) < 4.78 is 0. The van der Waals surface area contributed by atoms with Crippen molar-refractivity contribution in [2.24, 2.45) is 5.92 Å². The number of rotatable bonds is 3. The molecule has 0 fully saturated rings. The molecule has 0 aliphatic carbocycles. The number of alkyl halides is 1. The van der Waals surface area contributed by atoms with Gasteiger partial charge in [-0.3, -0.25) is 0 Å². The molecule has 1 aromatic carbocycles. The molecule has 1 unspecified atom stereocenters. The van der Waals surface area contributed by atoms with Gasteiger partial charge in [-0.2, -0.15) is 0 Å². The van der Waals surface area contributed by atoms with E-state index in [9.17, 15) is 0 Å². The van der Waals surface area contributed by atoms with E-state index in [0.717, 1.165) is 11.2 Å².